The predicted octanol–water partition coefficient (Wildman–Crippen LogP) is 3.18. The lowest BCUT2D eigenvalue weighted by atomic mass is 9.96. The summed E-state index contributed by atoms with van der Waals surface area (Å²) in [5, 5.41) is 10.5. The lowest BCUT2D eigenvalue weighted by Gasteiger charge is -2.24. The van der Waals surface area contributed by atoms with Gasteiger partial charge in [0.05, 0.1) is 35.1 Å². The highest BCUT2D eigenvalue weighted by molar-refractivity contribution is 7.07. The molecule has 4 rings (SSSR count). The van der Waals surface area contributed by atoms with Crippen molar-refractivity contribution in [2.24, 2.45) is 4.99 Å². The molecule has 10 heteroatoms. The Morgan fingerprint density at radius 2 is 1.97 bits per heavy atom. The van der Waals surface area contributed by atoms with Crippen molar-refractivity contribution in [1.29, 1.82) is 0 Å². The van der Waals surface area contributed by atoms with Gasteiger partial charge in [-0.15, -0.1) is 0 Å². The lowest BCUT2D eigenvalue weighted by Crippen LogP contribution is -2.40. The summed E-state index contributed by atoms with van der Waals surface area (Å²) >= 11 is 7.31. The number of carbonyl (C=O) groups excluding carboxylic acids is 1. The Balaban J connectivity index is 1.86. The maximum absolute atomic E-state index is 13.7. The number of hydrogen-bond acceptors (Lipinski definition) is 8. The van der Waals surface area contributed by atoms with Crippen molar-refractivity contribution in [2.45, 2.75) is 19.9 Å². The number of halogens is 1. The highest BCUT2D eigenvalue weighted by atomic mass is 35.5. The summed E-state index contributed by atoms with van der Waals surface area (Å²) in [5.41, 5.74) is 1.81. The summed E-state index contributed by atoms with van der Waals surface area (Å²) in [4.78, 5) is 31.8. The first-order chi connectivity index (χ1) is 17.3. The third-order valence-corrected chi connectivity index (χ3v) is 6.76. The van der Waals surface area contributed by atoms with Gasteiger partial charge >= 0.3 is 5.97 Å². The fourth-order valence-electron chi connectivity index (χ4n) is 3.88. The smallest absolute Gasteiger partial charge is 0.338 e. The number of carbonyl (C=O) groups is 1. The van der Waals surface area contributed by atoms with Gasteiger partial charge in [0.25, 0.3) is 5.56 Å². The van der Waals surface area contributed by atoms with E-state index in [4.69, 9.17) is 25.8 Å². The van der Waals surface area contributed by atoms with Gasteiger partial charge in [-0.1, -0.05) is 41.1 Å². The highest BCUT2D eigenvalue weighted by Gasteiger charge is 2.33. The van der Waals surface area contributed by atoms with Crippen LogP contribution in [0.4, 0.5) is 0 Å². The first-order valence-corrected chi connectivity index (χ1v) is 12.4. The number of methoxy groups -OCH3 is 1. The van der Waals surface area contributed by atoms with Gasteiger partial charge in [-0.05, 0) is 55.3 Å². The van der Waals surface area contributed by atoms with E-state index in [1.165, 1.54) is 29.1 Å². The average molecular weight is 529 g/mol. The Morgan fingerprint density at radius 3 is 2.67 bits per heavy atom. The molecule has 1 unspecified atom stereocenters. The van der Waals surface area contributed by atoms with Crippen LogP contribution in [0.3, 0.4) is 0 Å². The van der Waals surface area contributed by atoms with Crippen LogP contribution in [0.1, 0.15) is 31.0 Å². The number of aromatic hydroxyl groups is 1. The molecule has 0 radical (unpaired) electrons. The highest BCUT2D eigenvalue weighted by Crippen LogP contribution is 2.31. The van der Waals surface area contributed by atoms with E-state index in [0.29, 0.717) is 43.5 Å². The van der Waals surface area contributed by atoms with Gasteiger partial charge in [0.1, 0.15) is 6.61 Å². The molecular weight excluding hydrogens is 504 g/mol. The van der Waals surface area contributed by atoms with Gasteiger partial charge in [-0.2, -0.15) is 0 Å². The van der Waals surface area contributed by atoms with Gasteiger partial charge in [0.15, 0.2) is 16.3 Å². The third-order valence-electron chi connectivity index (χ3n) is 5.53. The molecule has 1 N–H and O–H groups in total. The molecular formula is C26H25ClN2O6S. The van der Waals surface area contributed by atoms with Crippen LogP contribution in [0.15, 0.2) is 63.5 Å². The number of aromatic nitrogens is 1. The van der Waals surface area contributed by atoms with E-state index in [1.54, 1.807) is 49.4 Å². The van der Waals surface area contributed by atoms with Crippen LogP contribution >= 0.6 is 22.9 Å². The van der Waals surface area contributed by atoms with Crippen LogP contribution in [-0.4, -0.2) is 42.6 Å². The number of rotatable bonds is 8. The van der Waals surface area contributed by atoms with Gasteiger partial charge in [-0.3, -0.25) is 9.36 Å². The van der Waals surface area contributed by atoms with Gasteiger partial charge < -0.3 is 19.3 Å². The Labute approximate surface area is 216 Å². The molecule has 1 aromatic heterocycles. The molecule has 1 aliphatic rings. The number of allylic oxidation sites excluding steroid dienone is 1. The van der Waals surface area contributed by atoms with E-state index < -0.39 is 12.0 Å². The number of ether oxygens (including phenoxy) is 3. The number of thiazole rings is 1. The Kier molecular flexibility index (Phi) is 7.93. The fourth-order valence-corrected chi connectivity index (χ4v) is 5.05. The molecule has 8 nitrogen and oxygen atoms in total. The van der Waals surface area contributed by atoms with Gasteiger partial charge in [0.2, 0.25) is 0 Å². The minimum atomic E-state index is -0.741. The zero-order valence-corrected chi connectivity index (χ0v) is 21.6. The van der Waals surface area contributed by atoms with Crippen molar-refractivity contribution >= 4 is 35.0 Å². The number of fused-ring (bicyclic) bond motifs is 1. The van der Waals surface area contributed by atoms with Gasteiger partial charge in [0, 0.05) is 12.1 Å². The van der Waals surface area contributed by atoms with Crippen molar-refractivity contribution in [3.63, 3.8) is 0 Å². The van der Waals surface area contributed by atoms with Crippen LogP contribution in [0.25, 0.3) is 6.08 Å². The second-order valence-corrected chi connectivity index (χ2v) is 9.37. The number of esters is 1. The quantitative estimate of drug-likeness (QED) is 0.356. The zero-order valence-electron chi connectivity index (χ0n) is 20.0. The van der Waals surface area contributed by atoms with Crippen LogP contribution in [0.2, 0.25) is 5.02 Å². The molecule has 3 aromatic rings. The summed E-state index contributed by atoms with van der Waals surface area (Å²) in [6, 6.07) is 11.1. The average Bonchev–Trinajstić information content (AvgIpc) is 3.15. The topological polar surface area (TPSA) is 99.4 Å². The van der Waals surface area contributed by atoms with E-state index in [2.05, 4.69) is 4.99 Å². The Bertz CT molecular complexity index is 1490. The predicted molar refractivity (Wildman–Crippen MR) is 137 cm³/mol. The molecule has 36 heavy (non-hydrogen) atoms. The number of phenols is 1. The number of hydrogen-bond donors (Lipinski definition) is 1. The number of nitrogens with zero attached hydrogens (tertiary/aromatic N) is 2. The molecule has 0 aliphatic carbocycles. The van der Waals surface area contributed by atoms with Crippen molar-refractivity contribution < 1.29 is 24.1 Å². The number of benzene rings is 2. The van der Waals surface area contributed by atoms with E-state index in [1.807, 2.05) is 6.92 Å². The molecule has 0 bridgehead atoms. The van der Waals surface area contributed by atoms with Crippen LogP contribution < -0.4 is 19.6 Å². The maximum Gasteiger partial charge on any atom is 0.338 e. The van der Waals surface area contributed by atoms with Crippen LogP contribution in [-0.2, 0) is 14.3 Å². The van der Waals surface area contributed by atoms with E-state index in [0.717, 1.165) is 0 Å². The maximum atomic E-state index is 13.7. The summed E-state index contributed by atoms with van der Waals surface area (Å²) in [6.45, 7) is 4.26. The van der Waals surface area contributed by atoms with Crippen molar-refractivity contribution in [3.05, 3.63) is 89.6 Å². The van der Waals surface area contributed by atoms with Gasteiger partial charge in [-0.25, -0.2) is 9.79 Å². The summed E-state index contributed by atoms with van der Waals surface area (Å²) in [5.74, 6) is -0.220. The molecule has 0 fully saturated rings. The van der Waals surface area contributed by atoms with Crippen molar-refractivity contribution in [1.82, 2.24) is 4.57 Å². The molecule has 0 amide bonds. The standard InChI is InChI=1S/C26H25ClN2O6S/c1-4-34-20-13-16(5-10-19(20)30)14-21-24(31)29-23(17-6-8-18(27)9-7-17)22(15(2)28-26(29)36-21)25(32)35-12-11-33-3/h5-10,13-14,23,30H,4,11-12H2,1-3H3. The first-order valence-electron chi connectivity index (χ1n) is 11.2. The molecule has 2 aromatic carbocycles. The number of phenolic OH excluding ortho intramolecular Hbond substituents is 1. The minimum absolute atomic E-state index is 0.0189. The molecule has 0 spiro atoms. The SMILES string of the molecule is CCOc1cc(C=c2sc3n(c2=O)C(c2ccc(Cl)cc2)C(C(=O)OCCOC)=C(C)N=3)ccc1O. The summed E-state index contributed by atoms with van der Waals surface area (Å²) in [6.07, 6.45) is 1.71. The lowest BCUT2D eigenvalue weighted by molar-refractivity contribution is -0.140. The van der Waals surface area contributed by atoms with Crippen LogP contribution in [0, 0.1) is 0 Å². The summed E-state index contributed by atoms with van der Waals surface area (Å²) in [7, 11) is 1.52. The monoisotopic (exact) mass is 528 g/mol. The molecule has 0 saturated heterocycles. The molecule has 2 heterocycles. The largest absolute Gasteiger partial charge is 0.504 e. The molecule has 0 saturated carbocycles. The van der Waals surface area contributed by atoms with E-state index in [-0.39, 0.29) is 30.1 Å². The second-order valence-electron chi connectivity index (χ2n) is 7.92. The molecule has 1 atom stereocenters. The first kappa shape index (κ1) is 25.7. The van der Waals surface area contributed by atoms with Crippen molar-refractivity contribution in [2.75, 3.05) is 26.9 Å². The molecule has 1 aliphatic heterocycles. The van der Waals surface area contributed by atoms with Crippen LogP contribution in [0.5, 0.6) is 11.5 Å². The minimum Gasteiger partial charge on any atom is -0.504 e. The Hall–Kier alpha value is -3.40. The fraction of sp³-hybridized carbons (Fsp3) is 0.269. The molecule has 188 valence electrons. The van der Waals surface area contributed by atoms with Crippen molar-refractivity contribution in [3.8, 4) is 11.5 Å². The normalized spacial score (nSPS) is 15.4. The zero-order chi connectivity index (χ0) is 25.8. The van der Waals surface area contributed by atoms with E-state index in [9.17, 15) is 14.7 Å². The second kappa shape index (κ2) is 11.1. The van der Waals surface area contributed by atoms with E-state index >= 15 is 0 Å². The third kappa shape index (κ3) is 5.23. The summed E-state index contributed by atoms with van der Waals surface area (Å²) < 4.78 is 17.8. The Morgan fingerprint density at radius 1 is 1.22 bits per heavy atom.